The molecular formula is C19H27NO5. The lowest BCUT2D eigenvalue weighted by Gasteiger charge is -2.18. The van der Waals surface area contributed by atoms with Crippen LogP contribution in [-0.4, -0.2) is 30.5 Å². The molecule has 0 heterocycles. The molecule has 0 aliphatic heterocycles. The fourth-order valence-corrected chi connectivity index (χ4v) is 2.21. The van der Waals surface area contributed by atoms with Gasteiger partial charge in [0.05, 0.1) is 0 Å². The Morgan fingerprint density at radius 1 is 1.12 bits per heavy atom. The maximum Gasteiger partial charge on any atom is 0.306 e. The molecule has 1 atom stereocenters. The van der Waals surface area contributed by atoms with Crippen LogP contribution in [0.1, 0.15) is 45.6 Å². The Morgan fingerprint density at radius 3 is 2.40 bits per heavy atom. The van der Waals surface area contributed by atoms with Crippen LogP contribution in [0.4, 0.5) is 0 Å². The second-order valence-electron chi connectivity index (χ2n) is 6.27. The molecule has 0 spiro atoms. The van der Waals surface area contributed by atoms with Crippen molar-refractivity contribution in [3.8, 4) is 0 Å². The number of hydrogen-bond acceptors (Lipinski definition) is 5. The predicted octanol–water partition coefficient (Wildman–Crippen LogP) is 2.60. The van der Waals surface area contributed by atoms with E-state index in [1.165, 1.54) is 6.92 Å². The van der Waals surface area contributed by atoms with Crippen molar-refractivity contribution in [1.29, 1.82) is 0 Å². The van der Waals surface area contributed by atoms with Crippen molar-refractivity contribution < 1.29 is 23.9 Å². The molecule has 0 saturated heterocycles. The van der Waals surface area contributed by atoms with Gasteiger partial charge in [0, 0.05) is 19.9 Å². The summed E-state index contributed by atoms with van der Waals surface area (Å²) in [6.45, 7) is 5.76. The molecule has 1 amide bonds. The van der Waals surface area contributed by atoms with Crippen LogP contribution in [0.2, 0.25) is 0 Å². The highest BCUT2D eigenvalue weighted by molar-refractivity contribution is 5.83. The number of hydrogen-bond donors (Lipinski definition) is 1. The third-order valence-corrected chi connectivity index (χ3v) is 3.39. The molecule has 25 heavy (non-hydrogen) atoms. The molecule has 1 aromatic rings. The summed E-state index contributed by atoms with van der Waals surface area (Å²) in [7, 11) is 0. The van der Waals surface area contributed by atoms with Gasteiger partial charge in [-0.25, -0.2) is 0 Å². The molecule has 6 nitrogen and oxygen atoms in total. The zero-order valence-corrected chi connectivity index (χ0v) is 15.1. The van der Waals surface area contributed by atoms with Crippen LogP contribution in [0.25, 0.3) is 0 Å². The van der Waals surface area contributed by atoms with Crippen molar-refractivity contribution in [3.63, 3.8) is 0 Å². The van der Waals surface area contributed by atoms with Gasteiger partial charge in [0.25, 0.3) is 5.91 Å². The Kier molecular flexibility index (Phi) is 9.29. The van der Waals surface area contributed by atoms with E-state index in [2.05, 4.69) is 5.32 Å². The fraction of sp³-hybridized carbons (Fsp3) is 0.526. The predicted molar refractivity (Wildman–Crippen MR) is 93.5 cm³/mol. The summed E-state index contributed by atoms with van der Waals surface area (Å²) in [5, 5.41) is 2.70. The van der Waals surface area contributed by atoms with Crippen LogP contribution in [0.5, 0.6) is 0 Å². The quantitative estimate of drug-likeness (QED) is 0.519. The summed E-state index contributed by atoms with van der Waals surface area (Å²) >= 11 is 0. The minimum absolute atomic E-state index is 0.218. The topological polar surface area (TPSA) is 81.7 Å². The van der Waals surface area contributed by atoms with Crippen molar-refractivity contribution in [3.05, 3.63) is 35.9 Å². The molecule has 1 rings (SSSR count). The Balaban J connectivity index is 2.24. The molecule has 1 N–H and O–H groups in total. The van der Waals surface area contributed by atoms with Crippen LogP contribution in [-0.2, 0) is 30.5 Å². The van der Waals surface area contributed by atoms with Gasteiger partial charge >= 0.3 is 11.9 Å². The normalized spacial score (nSPS) is 11.7. The van der Waals surface area contributed by atoms with Gasteiger partial charge in [-0.2, -0.15) is 0 Å². The van der Waals surface area contributed by atoms with E-state index in [4.69, 9.17) is 9.47 Å². The van der Waals surface area contributed by atoms with Crippen LogP contribution in [0.3, 0.4) is 0 Å². The van der Waals surface area contributed by atoms with E-state index in [9.17, 15) is 14.4 Å². The summed E-state index contributed by atoms with van der Waals surface area (Å²) in [5.74, 6) is -0.897. The Labute approximate surface area is 148 Å². The van der Waals surface area contributed by atoms with E-state index in [1.807, 2.05) is 44.2 Å². The largest absolute Gasteiger partial charge is 0.461 e. The van der Waals surface area contributed by atoms with Gasteiger partial charge in [0.2, 0.25) is 0 Å². The summed E-state index contributed by atoms with van der Waals surface area (Å²) in [6, 6.07) is 9.44. The molecular weight excluding hydrogens is 322 g/mol. The number of carbonyl (C=O) groups excluding carboxylic acids is 3. The number of amides is 1. The minimum Gasteiger partial charge on any atom is -0.461 e. The second-order valence-corrected chi connectivity index (χ2v) is 6.27. The summed E-state index contributed by atoms with van der Waals surface area (Å²) < 4.78 is 10.2. The van der Waals surface area contributed by atoms with Gasteiger partial charge in [-0.05, 0) is 24.3 Å². The number of esters is 2. The molecule has 0 aliphatic rings. The maximum atomic E-state index is 12.1. The summed E-state index contributed by atoms with van der Waals surface area (Å²) in [4.78, 5) is 34.8. The second kappa shape index (κ2) is 11.2. The number of benzene rings is 1. The molecule has 6 heteroatoms. The van der Waals surface area contributed by atoms with Crippen molar-refractivity contribution in [1.82, 2.24) is 5.32 Å². The highest BCUT2D eigenvalue weighted by atomic mass is 16.5. The van der Waals surface area contributed by atoms with Crippen LogP contribution >= 0.6 is 0 Å². The highest BCUT2D eigenvalue weighted by Crippen LogP contribution is 2.09. The van der Waals surface area contributed by atoms with Gasteiger partial charge in [-0.3, -0.25) is 14.4 Å². The minimum atomic E-state index is -0.789. The first-order valence-electron chi connectivity index (χ1n) is 8.53. The van der Waals surface area contributed by atoms with E-state index in [0.29, 0.717) is 19.4 Å². The molecule has 0 radical (unpaired) electrons. The molecule has 0 saturated carbocycles. The van der Waals surface area contributed by atoms with E-state index >= 15 is 0 Å². The van der Waals surface area contributed by atoms with E-state index in [-0.39, 0.29) is 30.8 Å². The SMILES string of the molecule is CC(=O)O[C@@H](CC(C)C)C(=O)NCCCC(=O)OCc1ccccc1. The van der Waals surface area contributed by atoms with E-state index < -0.39 is 12.1 Å². The molecule has 0 aliphatic carbocycles. The van der Waals surface area contributed by atoms with Gasteiger partial charge in [-0.15, -0.1) is 0 Å². The average Bonchev–Trinajstić information content (AvgIpc) is 2.56. The Morgan fingerprint density at radius 2 is 1.80 bits per heavy atom. The Bertz CT molecular complexity index is 556. The zero-order chi connectivity index (χ0) is 18.7. The van der Waals surface area contributed by atoms with Crippen molar-refractivity contribution >= 4 is 17.8 Å². The molecule has 0 unspecified atom stereocenters. The summed E-state index contributed by atoms with van der Waals surface area (Å²) in [5.41, 5.74) is 0.932. The maximum absolute atomic E-state index is 12.1. The number of ether oxygens (including phenoxy) is 2. The third-order valence-electron chi connectivity index (χ3n) is 3.39. The van der Waals surface area contributed by atoms with Gasteiger partial charge in [0.15, 0.2) is 6.10 Å². The van der Waals surface area contributed by atoms with Gasteiger partial charge in [0.1, 0.15) is 6.61 Å². The van der Waals surface area contributed by atoms with Crippen LogP contribution in [0, 0.1) is 5.92 Å². The van der Waals surface area contributed by atoms with E-state index in [1.54, 1.807) is 0 Å². The third kappa shape index (κ3) is 9.49. The molecule has 0 bridgehead atoms. The lowest BCUT2D eigenvalue weighted by Crippen LogP contribution is -2.38. The summed E-state index contributed by atoms with van der Waals surface area (Å²) in [6.07, 6.45) is 0.357. The number of carbonyl (C=O) groups is 3. The molecule has 0 fully saturated rings. The molecule has 1 aromatic carbocycles. The lowest BCUT2D eigenvalue weighted by molar-refractivity contribution is -0.154. The number of rotatable bonds is 10. The van der Waals surface area contributed by atoms with Gasteiger partial charge in [-0.1, -0.05) is 44.2 Å². The number of nitrogens with one attached hydrogen (secondary N) is 1. The first-order valence-corrected chi connectivity index (χ1v) is 8.53. The monoisotopic (exact) mass is 349 g/mol. The fourth-order valence-electron chi connectivity index (χ4n) is 2.21. The lowest BCUT2D eigenvalue weighted by atomic mass is 10.1. The first kappa shape index (κ1) is 20.7. The Hall–Kier alpha value is -2.37. The van der Waals surface area contributed by atoms with E-state index in [0.717, 1.165) is 5.56 Å². The first-order chi connectivity index (χ1) is 11.9. The molecule has 0 aromatic heterocycles. The standard InChI is InChI=1S/C19H27NO5/c1-14(2)12-17(25-15(3)21)19(23)20-11-7-10-18(22)24-13-16-8-5-4-6-9-16/h4-6,8-9,14,17H,7,10-13H2,1-3H3,(H,20,23)/t17-/m0/s1. The average molecular weight is 349 g/mol. The highest BCUT2D eigenvalue weighted by Gasteiger charge is 2.22. The van der Waals surface area contributed by atoms with Crippen molar-refractivity contribution in [2.45, 2.75) is 52.7 Å². The van der Waals surface area contributed by atoms with Crippen LogP contribution < -0.4 is 5.32 Å². The smallest absolute Gasteiger partial charge is 0.306 e. The van der Waals surface area contributed by atoms with Gasteiger partial charge < -0.3 is 14.8 Å². The van der Waals surface area contributed by atoms with Crippen LogP contribution in [0.15, 0.2) is 30.3 Å². The van der Waals surface area contributed by atoms with Crippen molar-refractivity contribution in [2.75, 3.05) is 6.54 Å². The molecule has 138 valence electrons. The zero-order valence-electron chi connectivity index (χ0n) is 15.1. The van der Waals surface area contributed by atoms with Crippen molar-refractivity contribution in [2.24, 2.45) is 5.92 Å².